The first-order valence-corrected chi connectivity index (χ1v) is 14.0. The van der Waals surface area contributed by atoms with Crippen molar-refractivity contribution >= 4 is 34.9 Å². The molecular formula is C32H33ClN4O3. The van der Waals surface area contributed by atoms with Crippen LogP contribution >= 0.6 is 11.6 Å². The van der Waals surface area contributed by atoms with Gasteiger partial charge >= 0.3 is 6.03 Å². The van der Waals surface area contributed by atoms with Gasteiger partial charge in [-0.05, 0) is 79.6 Å². The summed E-state index contributed by atoms with van der Waals surface area (Å²) >= 11 is 6.21. The molecule has 0 saturated heterocycles. The monoisotopic (exact) mass is 556 g/mol. The Bertz CT molecular complexity index is 1470. The van der Waals surface area contributed by atoms with Crippen molar-refractivity contribution in [3.63, 3.8) is 0 Å². The molecule has 2 heterocycles. The van der Waals surface area contributed by atoms with Gasteiger partial charge < -0.3 is 19.5 Å². The number of para-hydroxylation sites is 2. The van der Waals surface area contributed by atoms with Gasteiger partial charge in [0.15, 0.2) is 0 Å². The van der Waals surface area contributed by atoms with Gasteiger partial charge in [-0.1, -0.05) is 49.2 Å². The van der Waals surface area contributed by atoms with Crippen molar-refractivity contribution < 1.29 is 14.3 Å². The molecule has 4 aromatic rings. The number of unbranched alkanes of at least 4 members (excludes halogenated alkanes) is 1. The van der Waals surface area contributed by atoms with Crippen LogP contribution in [0.2, 0.25) is 5.02 Å². The van der Waals surface area contributed by atoms with Crippen LogP contribution in [-0.4, -0.2) is 41.1 Å². The highest BCUT2D eigenvalue weighted by molar-refractivity contribution is 6.30. The molecule has 1 aliphatic rings. The highest BCUT2D eigenvalue weighted by Gasteiger charge is 2.37. The number of fused-ring (bicyclic) bond motifs is 3. The number of carbonyl (C=O) groups is 2. The molecule has 0 bridgehead atoms. The van der Waals surface area contributed by atoms with Gasteiger partial charge in [-0.25, -0.2) is 4.79 Å². The predicted molar refractivity (Wildman–Crippen MR) is 160 cm³/mol. The van der Waals surface area contributed by atoms with Gasteiger partial charge in [0.05, 0.1) is 23.7 Å². The zero-order valence-corrected chi connectivity index (χ0v) is 23.5. The fourth-order valence-corrected chi connectivity index (χ4v) is 5.19. The highest BCUT2D eigenvalue weighted by atomic mass is 35.5. The van der Waals surface area contributed by atoms with Gasteiger partial charge in [0.25, 0.3) is 0 Å². The zero-order valence-electron chi connectivity index (χ0n) is 22.7. The molecule has 1 aromatic heterocycles. The normalized spacial score (nSPS) is 13.8. The number of hydrogen-bond donors (Lipinski definition) is 1. The fraction of sp³-hybridized carbons (Fsp3) is 0.250. The summed E-state index contributed by atoms with van der Waals surface area (Å²) in [5.41, 5.74) is 4.25. The van der Waals surface area contributed by atoms with E-state index in [4.69, 9.17) is 16.3 Å². The SMILES string of the molecule is CCCCN(CC(=O)N1c2ccccc2-n2cccc2C1c1ccc(Cl)cc1)C(=O)Nc1ccc(OCC)cc1. The largest absolute Gasteiger partial charge is 0.494 e. The number of hydrogen-bond acceptors (Lipinski definition) is 3. The van der Waals surface area contributed by atoms with Crippen molar-refractivity contribution in [1.82, 2.24) is 9.47 Å². The smallest absolute Gasteiger partial charge is 0.322 e. The molecule has 7 nitrogen and oxygen atoms in total. The summed E-state index contributed by atoms with van der Waals surface area (Å²) in [7, 11) is 0. The van der Waals surface area contributed by atoms with Crippen LogP contribution in [0.15, 0.2) is 91.1 Å². The Morgan fingerprint density at radius 2 is 1.65 bits per heavy atom. The van der Waals surface area contributed by atoms with Gasteiger partial charge in [-0.2, -0.15) is 0 Å². The molecule has 0 radical (unpaired) electrons. The first kappa shape index (κ1) is 27.3. The van der Waals surface area contributed by atoms with E-state index in [1.54, 1.807) is 17.0 Å². The molecule has 206 valence electrons. The molecule has 1 N–H and O–H groups in total. The number of nitrogens with zero attached hydrogens (tertiary/aromatic N) is 3. The number of amides is 3. The summed E-state index contributed by atoms with van der Waals surface area (Å²) in [6.45, 7) is 4.95. The van der Waals surface area contributed by atoms with Gasteiger partial charge in [0, 0.05) is 23.5 Å². The van der Waals surface area contributed by atoms with E-state index in [9.17, 15) is 9.59 Å². The first-order valence-electron chi connectivity index (χ1n) is 13.6. The number of carbonyl (C=O) groups excluding carboxylic acids is 2. The summed E-state index contributed by atoms with van der Waals surface area (Å²) in [6, 6.07) is 26.0. The Morgan fingerprint density at radius 3 is 2.35 bits per heavy atom. The Balaban J connectivity index is 1.46. The van der Waals surface area contributed by atoms with E-state index >= 15 is 0 Å². The third-order valence-electron chi connectivity index (χ3n) is 6.99. The van der Waals surface area contributed by atoms with Gasteiger partial charge in [0.2, 0.25) is 5.91 Å². The van der Waals surface area contributed by atoms with Crippen LogP contribution in [-0.2, 0) is 4.79 Å². The maximum Gasteiger partial charge on any atom is 0.322 e. The van der Waals surface area contributed by atoms with E-state index in [-0.39, 0.29) is 24.5 Å². The van der Waals surface area contributed by atoms with Crippen molar-refractivity contribution in [2.24, 2.45) is 0 Å². The molecule has 3 amide bonds. The quantitative estimate of drug-likeness (QED) is 0.235. The van der Waals surface area contributed by atoms with E-state index < -0.39 is 0 Å². The minimum atomic E-state index is -0.378. The van der Waals surface area contributed by atoms with Crippen LogP contribution < -0.4 is 15.0 Å². The average Bonchev–Trinajstić information content (AvgIpc) is 3.46. The maximum atomic E-state index is 14.2. The van der Waals surface area contributed by atoms with Gasteiger partial charge in [-0.3, -0.25) is 9.69 Å². The second-order valence-corrected chi connectivity index (χ2v) is 10.1. The van der Waals surface area contributed by atoms with Gasteiger partial charge in [0.1, 0.15) is 18.3 Å². The molecule has 3 aromatic carbocycles. The van der Waals surface area contributed by atoms with E-state index in [0.29, 0.717) is 23.9 Å². The summed E-state index contributed by atoms with van der Waals surface area (Å²) in [6.07, 6.45) is 3.69. The summed E-state index contributed by atoms with van der Waals surface area (Å²) in [5, 5.41) is 3.58. The second-order valence-electron chi connectivity index (χ2n) is 9.67. The third-order valence-corrected chi connectivity index (χ3v) is 7.24. The standard InChI is InChI=1S/C32H33ClN4O3/c1-3-5-20-35(32(39)34-25-16-18-26(19-17-25)40-4-2)22-30(38)37-28-10-7-6-9-27(28)36-21-8-11-29(36)31(37)23-12-14-24(33)15-13-23/h6-19,21,31H,3-5,20,22H2,1-2H3,(H,34,39). The van der Waals surface area contributed by atoms with Crippen molar-refractivity contribution in [3.8, 4) is 11.4 Å². The molecule has 8 heteroatoms. The van der Waals surface area contributed by atoms with Crippen LogP contribution in [0.3, 0.4) is 0 Å². The van der Waals surface area contributed by atoms with Crippen molar-refractivity contribution in [3.05, 3.63) is 107 Å². The molecular weight excluding hydrogens is 524 g/mol. The summed E-state index contributed by atoms with van der Waals surface area (Å²) in [4.78, 5) is 31.1. The lowest BCUT2D eigenvalue weighted by Gasteiger charge is -2.39. The Kier molecular flexibility index (Phi) is 8.41. The predicted octanol–water partition coefficient (Wildman–Crippen LogP) is 7.30. The highest BCUT2D eigenvalue weighted by Crippen LogP contribution is 2.42. The van der Waals surface area contributed by atoms with Crippen LogP contribution in [0, 0.1) is 0 Å². The molecule has 0 spiro atoms. The second kappa shape index (κ2) is 12.3. The summed E-state index contributed by atoms with van der Waals surface area (Å²) < 4.78 is 7.62. The molecule has 1 unspecified atom stereocenters. The first-order chi connectivity index (χ1) is 19.5. The number of anilines is 2. The fourth-order valence-electron chi connectivity index (χ4n) is 5.07. The number of aromatic nitrogens is 1. The van der Waals surface area contributed by atoms with Crippen LogP contribution in [0.1, 0.15) is 44.0 Å². The lowest BCUT2D eigenvalue weighted by Crippen LogP contribution is -2.48. The third kappa shape index (κ3) is 5.70. The molecule has 1 atom stereocenters. The molecule has 5 rings (SSSR count). The van der Waals surface area contributed by atoms with Crippen molar-refractivity contribution in [2.45, 2.75) is 32.7 Å². The Morgan fingerprint density at radius 1 is 0.925 bits per heavy atom. The molecule has 0 saturated carbocycles. The zero-order chi connectivity index (χ0) is 28.1. The van der Waals surface area contributed by atoms with E-state index in [1.807, 2.05) is 90.8 Å². The topological polar surface area (TPSA) is 66.8 Å². The number of rotatable bonds is 9. The minimum Gasteiger partial charge on any atom is -0.494 e. The Labute approximate surface area is 239 Å². The number of ether oxygens (including phenoxy) is 1. The van der Waals surface area contributed by atoms with Crippen LogP contribution in [0.5, 0.6) is 5.75 Å². The van der Waals surface area contributed by atoms with Crippen LogP contribution in [0.4, 0.5) is 16.2 Å². The van der Waals surface area contributed by atoms with E-state index in [0.717, 1.165) is 41.2 Å². The molecule has 1 aliphatic heterocycles. The number of halogens is 1. The number of nitrogens with one attached hydrogen (secondary N) is 1. The molecule has 0 fully saturated rings. The van der Waals surface area contributed by atoms with E-state index in [1.165, 1.54) is 0 Å². The van der Waals surface area contributed by atoms with Crippen LogP contribution in [0.25, 0.3) is 5.69 Å². The maximum absolute atomic E-state index is 14.2. The number of urea groups is 1. The van der Waals surface area contributed by atoms with Crippen molar-refractivity contribution in [2.75, 3.05) is 29.9 Å². The van der Waals surface area contributed by atoms with E-state index in [2.05, 4.69) is 16.8 Å². The van der Waals surface area contributed by atoms with Gasteiger partial charge in [-0.15, -0.1) is 0 Å². The van der Waals surface area contributed by atoms with Crippen molar-refractivity contribution in [1.29, 1.82) is 0 Å². The summed E-state index contributed by atoms with van der Waals surface area (Å²) in [5.74, 6) is 0.568. The minimum absolute atomic E-state index is 0.0675. The number of benzene rings is 3. The Hall–Kier alpha value is -4.23. The molecule has 0 aliphatic carbocycles. The average molecular weight is 557 g/mol. The molecule has 40 heavy (non-hydrogen) atoms. The lowest BCUT2D eigenvalue weighted by atomic mass is 9.97. The lowest BCUT2D eigenvalue weighted by molar-refractivity contribution is -0.119.